The van der Waals surface area contributed by atoms with E-state index < -0.39 is 5.82 Å². The molecule has 1 aromatic heterocycles. The molecule has 1 fully saturated rings. The van der Waals surface area contributed by atoms with Gasteiger partial charge in [0.2, 0.25) is 5.88 Å². The van der Waals surface area contributed by atoms with Crippen molar-refractivity contribution in [2.75, 3.05) is 42.9 Å². The van der Waals surface area contributed by atoms with Gasteiger partial charge in [0, 0.05) is 43.1 Å². The van der Waals surface area contributed by atoms with Crippen molar-refractivity contribution >= 4 is 29.0 Å². The molecule has 178 valence electrons. The predicted molar refractivity (Wildman–Crippen MR) is 136 cm³/mol. The van der Waals surface area contributed by atoms with Crippen molar-refractivity contribution in [2.45, 2.75) is 20.3 Å². The quantitative estimate of drug-likeness (QED) is 0.459. The zero-order chi connectivity index (χ0) is 24.4. The molecule has 2 heterocycles. The lowest BCUT2D eigenvalue weighted by Gasteiger charge is -2.35. The van der Waals surface area contributed by atoms with E-state index >= 15 is 4.39 Å². The normalized spacial score (nSPS) is 15.4. The maximum absolute atomic E-state index is 15.0. The zero-order valence-corrected chi connectivity index (χ0v) is 19.9. The molecule has 0 amide bonds. The van der Waals surface area contributed by atoms with Gasteiger partial charge in [0.1, 0.15) is 12.1 Å². The summed E-state index contributed by atoms with van der Waals surface area (Å²) in [4.78, 5) is 16.7. The molecule has 0 radical (unpaired) electrons. The van der Waals surface area contributed by atoms with Crippen molar-refractivity contribution in [1.29, 1.82) is 0 Å². The van der Waals surface area contributed by atoms with Crippen molar-refractivity contribution in [3.63, 3.8) is 0 Å². The van der Waals surface area contributed by atoms with Gasteiger partial charge in [0.25, 0.3) is 5.69 Å². The Hall–Kier alpha value is -3.96. The van der Waals surface area contributed by atoms with Crippen molar-refractivity contribution in [2.24, 2.45) is 0 Å². The highest BCUT2D eigenvalue weighted by atomic mass is 19.1. The van der Waals surface area contributed by atoms with Gasteiger partial charge in [-0.25, -0.2) is 19.2 Å². The first kappa shape index (κ1) is 22.8. The molecule has 2 aromatic carbocycles. The Morgan fingerprint density at radius 1 is 1.09 bits per heavy atom. The Labute approximate surface area is 204 Å². The Bertz CT molecular complexity index is 1310. The second kappa shape index (κ2) is 9.72. The fourth-order valence-electron chi connectivity index (χ4n) is 4.55. The van der Waals surface area contributed by atoms with E-state index in [9.17, 15) is 0 Å². The average Bonchev–Trinajstić information content (AvgIpc) is 3.28. The van der Waals surface area contributed by atoms with E-state index in [0.717, 1.165) is 56.0 Å². The topological polar surface area (TPSA) is 57.9 Å². The summed E-state index contributed by atoms with van der Waals surface area (Å²) in [6.07, 6.45) is 3.87. The standard InChI is InChI=1S/C27H27FN6O/c1-4-33-11-13-34(14-12-33)21-8-6-20(7-9-21)32-26-25(29-3)27(31-17-30-26)35-23-10-5-19-15-18(2)16-22(19)24(23)28/h5-10,16-17H,4,11-15H2,1-2H3,(H,30,31,32). The summed E-state index contributed by atoms with van der Waals surface area (Å²) in [6, 6.07) is 11.5. The maximum Gasteiger partial charge on any atom is 0.288 e. The average molecular weight is 471 g/mol. The van der Waals surface area contributed by atoms with Crippen LogP contribution < -0.4 is 15.0 Å². The first-order valence-electron chi connectivity index (χ1n) is 11.8. The molecule has 0 bridgehead atoms. The van der Waals surface area contributed by atoms with Crippen molar-refractivity contribution < 1.29 is 9.13 Å². The van der Waals surface area contributed by atoms with E-state index in [-0.39, 0.29) is 17.3 Å². The lowest BCUT2D eigenvalue weighted by molar-refractivity contribution is 0.271. The molecule has 8 heteroatoms. The Kier molecular flexibility index (Phi) is 6.34. The minimum Gasteiger partial charge on any atom is -0.446 e. The number of fused-ring (bicyclic) bond motifs is 1. The fourth-order valence-corrected chi connectivity index (χ4v) is 4.55. The van der Waals surface area contributed by atoms with Crippen LogP contribution in [0, 0.1) is 12.4 Å². The monoisotopic (exact) mass is 470 g/mol. The minimum absolute atomic E-state index is 0.0143. The van der Waals surface area contributed by atoms with Crippen LogP contribution in [0.2, 0.25) is 0 Å². The highest BCUT2D eigenvalue weighted by molar-refractivity contribution is 5.76. The van der Waals surface area contributed by atoms with Crippen LogP contribution in [-0.4, -0.2) is 47.6 Å². The number of nitrogens with zero attached hydrogens (tertiary/aromatic N) is 5. The molecule has 7 nitrogen and oxygen atoms in total. The van der Waals surface area contributed by atoms with Gasteiger partial charge in [-0.3, -0.25) is 0 Å². The third kappa shape index (κ3) is 4.68. The number of hydrogen-bond donors (Lipinski definition) is 1. The first-order valence-corrected chi connectivity index (χ1v) is 11.8. The van der Waals surface area contributed by atoms with E-state index in [4.69, 9.17) is 11.3 Å². The number of aromatic nitrogens is 2. The summed E-state index contributed by atoms with van der Waals surface area (Å²) in [7, 11) is 0. The van der Waals surface area contributed by atoms with Crippen LogP contribution in [0.5, 0.6) is 11.6 Å². The molecule has 2 aliphatic rings. The summed E-state index contributed by atoms with van der Waals surface area (Å²) in [5.41, 5.74) is 4.62. The molecule has 1 N–H and O–H groups in total. The zero-order valence-electron chi connectivity index (χ0n) is 19.9. The number of allylic oxidation sites excluding steroid dienone is 1. The maximum atomic E-state index is 15.0. The summed E-state index contributed by atoms with van der Waals surface area (Å²) >= 11 is 0. The summed E-state index contributed by atoms with van der Waals surface area (Å²) in [5, 5.41) is 3.18. The number of rotatable bonds is 6. The van der Waals surface area contributed by atoms with Crippen LogP contribution in [-0.2, 0) is 6.42 Å². The smallest absolute Gasteiger partial charge is 0.288 e. The van der Waals surface area contributed by atoms with E-state index in [1.165, 1.54) is 12.0 Å². The lowest BCUT2D eigenvalue weighted by Crippen LogP contribution is -2.46. The number of anilines is 3. The van der Waals surface area contributed by atoms with Gasteiger partial charge in [-0.15, -0.1) is 0 Å². The fraction of sp³-hybridized carbons (Fsp3) is 0.296. The number of hydrogen-bond acceptors (Lipinski definition) is 6. The van der Waals surface area contributed by atoms with Crippen LogP contribution in [0.3, 0.4) is 0 Å². The van der Waals surface area contributed by atoms with Gasteiger partial charge in [0.05, 0.1) is 6.57 Å². The Morgan fingerprint density at radius 3 is 2.57 bits per heavy atom. The highest BCUT2D eigenvalue weighted by Gasteiger charge is 2.21. The van der Waals surface area contributed by atoms with Gasteiger partial charge in [0.15, 0.2) is 11.6 Å². The molecule has 1 saturated heterocycles. The van der Waals surface area contributed by atoms with Crippen LogP contribution in [0.25, 0.3) is 10.9 Å². The van der Waals surface area contributed by atoms with Gasteiger partial charge in [-0.1, -0.05) is 24.6 Å². The largest absolute Gasteiger partial charge is 0.446 e. The molecule has 0 unspecified atom stereocenters. The molecule has 35 heavy (non-hydrogen) atoms. The molecule has 5 rings (SSSR count). The van der Waals surface area contributed by atoms with Crippen molar-refractivity contribution in [3.05, 3.63) is 76.7 Å². The predicted octanol–water partition coefficient (Wildman–Crippen LogP) is 5.80. The molecule has 1 aliphatic carbocycles. The third-order valence-corrected chi connectivity index (χ3v) is 6.52. The number of ether oxygens (including phenoxy) is 1. The van der Waals surface area contributed by atoms with E-state index in [2.05, 4.69) is 49.0 Å². The van der Waals surface area contributed by atoms with Crippen LogP contribution in [0.15, 0.2) is 48.3 Å². The van der Waals surface area contributed by atoms with Crippen LogP contribution in [0.1, 0.15) is 25.0 Å². The number of likely N-dealkylation sites (N-methyl/N-ethyl adjacent to an activating group) is 1. The summed E-state index contributed by atoms with van der Waals surface area (Å²) in [6.45, 7) is 17.1. The summed E-state index contributed by atoms with van der Waals surface area (Å²) in [5.74, 6) is -0.0809. The second-order valence-electron chi connectivity index (χ2n) is 8.80. The van der Waals surface area contributed by atoms with E-state index in [1.54, 1.807) is 6.07 Å². The number of nitrogens with one attached hydrogen (secondary N) is 1. The second-order valence-corrected chi connectivity index (χ2v) is 8.80. The van der Waals surface area contributed by atoms with Gasteiger partial charge in [-0.2, -0.15) is 0 Å². The molecular weight excluding hydrogens is 443 g/mol. The van der Waals surface area contributed by atoms with Crippen molar-refractivity contribution in [1.82, 2.24) is 14.9 Å². The molecular formula is C27H27FN6O. The molecule has 3 aromatic rings. The molecule has 0 atom stereocenters. The van der Waals surface area contributed by atoms with Crippen LogP contribution in [0.4, 0.5) is 27.3 Å². The molecule has 0 saturated carbocycles. The first-order chi connectivity index (χ1) is 17.1. The highest BCUT2D eigenvalue weighted by Crippen LogP contribution is 2.39. The number of piperazine rings is 1. The van der Waals surface area contributed by atoms with Gasteiger partial charge < -0.3 is 19.9 Å². The minimum atomic E-state index is -0.446. The molecule has 1 aliphatic heterocycles. The third-order valence-electron chi connectivity index (χ3n) is 6.52. The lowest BCUT2D eigenvalue weighted by atomic mass is 10.1. The van der Waals surface area contributed by atoms with Crippen molar-refractivity contribution in [3.8, 4) is 11.6 Å². The Morgan fingerprint density at radius 2 is 1.86 bits per heavy atom. The van der Waals surface area contributed by atoms with E-state index in [0.29, 0.717) is 11.4 Å². The van der Waals surface area contributed by atoms with Gasteiger partial charge in [-0.05, 0) is 55.8 Å². The van der Waals surface area contributed by atoms with Gasteiger partial charge >= 0.3 is 0 Å². The summed E-state index contributed by atoms with van der Waals surface area (Å²) < 4.78 is 20.8. The number of benzene rings is 2. The SMILES string of the molecule is [C-]#[N+]c1c(Nc2ccc(N3CCN(CC)CC3)cc2)ncnc1Oc1ccc2c(c1F)C=C(C)C2. The molecule has 0 spiro atoms. The Balaban J connectivity index is 1.33. The van der Waals surface area contributed by atoms with Crippen LogP contribution >= 0.6 is 0 Å². The van der Waals surface area contributed by atoms with E-state index in [1.807, 2.05) is 31.2 Å². The number of halogens is 1.